The minimum atomic E-state index is -1.38. The maximum Gasteiger partial charge on any atom is 0.341 e. The fourth-order valence-corrected chi connectivity index (χ4v) is 4.35. The SMILES string of the molecule is CC1COc2c(N3CCC(CNCCO)C3)c(F)c(N)c3c(=O)c(C(=O)O)cn1c23. The van der Waals surface area contributed by atoms with Gasteiger partial charge >= 0.3 is 5.97 Å². The molecular weight excluding hydrogens is 395 g/mol. The van der Waals surface area contributed by atoms with Crippen LogP contribution in [0.4, 0.5) is 15.8 Å². The van der Waals surface area contributed by atoms with E-state index in [1.54, 1.807) is 4.57 Å². The van der Waals surface area contributed by atoms with Crippen LogP contribution in [0.3, 0.4) is 0 Å². The summed E-state index contributed by atoms with van der Waals surface area (Å²) in [6, 6.07) is -0.245. The number of carboxylic acid groups (broad SMARTS) is 1. The number of nitrogens with zero attached hydrogens (tertiary/aromatic N) is 2. The van der Waals surface area contributed by atoms with Crippen LogP contribution in [0.2, 0.25) is 0 Å². The van der Waals surface area contributed by atoms with E-state index in [1.165, 1.54) is 6.20 Å². The van der Waals surface area contributed by atoms with Crippen molar-refractivity contribution < 1.29 is 24.1 Å². The van der Waals surface area contributed by atoms with Crippen LogP contribution < -0.4 is 26.1 Å². The van der Waals surface area contributed by atoms with Crippen molar-refractivity contribution >= 4 is 28.2 Å². The minimum absolute atomic E-state index is 0.0539. The van der Waals surface area contributed by atoms with E-state index in [0.29, 0.717) is 31.7 Å². The Kier molecular flexibility index (Phi) is 5.29. The average molecular weight is 420 g/mol. The van der Waals surface area contributed by atoms with Crippen molar-refractivity contribution in [2.75, 3.05) is 50.0 Å². The third kappa shape index (κ3) is 3.16. The van der Waals surface area contributed by atoms with E-state index in [2.05, 4.69) is 5.32 Å². The van der Waals surface area contributed by atoms with Gasteiger partial charge in [-0.3, -0.25) is 4.79 Å². The molecule has 0 bridgehead atoms. The first-order chi connectivity index (χ1) is 14.3. The molecule has 2 aliphatic heterocycles. The second-order valence-corrected chi connectivity index (χ2v) is 7.90. The van der Waals surface area contributed by atoms with E-state index in [1.807, 2.05) is 11.8 Å². The van der Waals surface area contributed by atoms with Crippen LogP contribution in [0.1, 0.15) is 29.7 Å². The lowest BCUT2D eigenvalue weighted by Crippen LogP contribution is -2.31. The number of pyridine rings is 1. The van der Waals surface area contributed by atoms with Gasteiger partial charge in [0.05, 0.1) is 29.2 Å². The van der Waals surface area contributed by atoms with Crippen LogP contribution in [0.25, 0.3) is 10.9 Å². The summed E-state index contributed by atoms with van der Waals surface area (Å²) in [5.41, 5.74) is 4.98. The Morgan fingerprint density at radius 2 is 2.23 bits per heavy atom. The molecule has 1 fully saturated rings. The summed E-state index contributed by atoms with van der Waals surface area (Å²) < 4.78 is 23.0. The lowest BCUT2D eigenvalue weighted by Gasteiger charge is -2.32. The lowest BCUT2D eigenvalue weighted by molar-refractivity contribution is 0.0694. The normalized spacial score (nSPS) is 20.6. The van der Waals surface area contributed by atoms with Gasteiger partial charge in [0.15, 0.2) is 11.6 Å². The molecule has 2 aliphatic rings. The van der Waals surface area contributed by atoms with Crippen LogP contribution >= 0.6 is 0 Å². The Balaban J connectivity index is 1.86. The van der Waals surface area contributed by atoms with Crippen LogP contribution in [0.5, 0.6) is 5.75 Å². The van der Waals surface area contributed by atoms with E-state index in [4.69, 9.17) is 15.6 Å². The number of nitrogen functional groups attached to an aromatic ring is 1. The molecule has 30 heavy (non-hydrogen) atoms. The zero-order chi connectivity index (χ0) is 21.6. The summed E-state index contributed by atoms with van der Waals surface area (Å²) in [4.78, 5) is 26.2. The molecule has 1 aromatic carbocycles. The predicted molar refractivity (Wildman–Crippen MR) is 110 cm³/mol. The van der Waals surface area contributed by atoms with Gasteiger partial charge in [-0.15, -0.1) is 0 Å². The summed E-state index contributed by atoms with van der Waals surface area (Å²) in [5.74, 6) is -1.65. The van der Waals surface area contributed by atoms with Crippen LogP contribution in [0.15, 0.2) is 11.0 Å². The molecule has 3 heterocycles. The summed E-state index contributed by atoms with van der Waals surface area (Å²) in [7, 11) is 0. The topological polar surface area (TPSA) is 130 Å². The van der Waals surface area contributed by atoms with Gasteiger partial charge in [0.25, 0.3) is 0 Å². The van der Waals surface area contributed by atoms with Crippen molar-refractivity contribution in [1.82, 2.24) is 9.88 Å². The maximum atomic E-state index is 15.4. The quantitative estimate of drug-likeness (QED) is 0.399. The Labute approximate surface area is 171 Å². The Bertz CT molecular complexity index is 1070. The van der Waals surface area contributed by atoms with E-state index in [0.717, 1.165) is 6.42 Å². The number of aromatic nitrogens is 1. The minimum Gasteiger partial charge on any atom is -0.487 e. The van der Waals surface area contributed by atoms with Crippen molar-refractivity contribution in [2.45, 2.75) is 19.4 Å². The molecule has 0 saturated carbocycles. The number of ether oxygens (including phenoxy) is 1. The summed E-state index contributed by atoms with van der Waals surface area (Å²) >= 11 is 0. The number of carbonyl (C=O) groups is 1. The molecule has 10 heteroatoms. The highest BCUT2D eigenvalue weighted by Gasteiger charge is 2.34. The van der Waals surface area contributed by atoms with Gasteiger partial charge in [-0.05, 0) is 25.8 Å². The first-order valence-corrected chi connectivity index (χ1v) is 9.97. The van der Waals surface area contributed by atoms with Crippen molar-refractivity contribution in [3.63, 3.8) is 0 Å². The highest BCUT2D eigenvalue weighted by molar-refractivity contribution is 6.03. The molecule has 0 spiro atoms. The first kappa shape index (κ1) is 20.4. The molecule has 2 atom stereocenters. The van der Waals surface area contributed by atoms with E-state index in [9.17, 15) is 14.7 Å². The predicted octanol–water partition coefficient (Wildman–Crippen LogP) is 0.783. The molecule has 4 rings (SSSR count). The third-order valence-electron chi connectivity index (χ3n) is 5.88. The van der Waals surface area contributed by atoms with Crippen molar-refractivity contribution in [2.24, 2.45) is 5.92 Å². The van der Waals surface area contributed by atoms with Gasteiger partial charge in [0.1, 0.15) is 17.9 Å². The average Bonchev–Trinajstić information content (AvgIpc) is 3.17. The molecule has 1 saturated heterocycles. The van der Waals surface area contributed by atoms with Crippen molar-refractivity contribution in [3.8, 4) is 5.75 Å². The number of carboxylic acids is 1. The highest BCUT2D eigenvalue weighted by Crippen LogP contribution is 2.46. The number of aromatic carboxylic acids is 1. The lowest BCUT2D eigenvalue weighted by atomic mass is 10.0. The number of rotatable bonds is 6. The van der Waals surface area contributed by atoms with Crippen molar-refractivity contribution in [1.29, 1.82) is 0 Å². The van der Waals surface area contributed by atoms with Crippen LogP contribution in [-0.4, -0.2) is 60.1 Å². The Morgan fingerprint density at radius 3 is 2.93 bits per heavy atom. The second-order valence-electron chi connectivity index (χ2n) is 7.90. The highest BCUT2D eigenvalue weighted by atomic mass is 19.1. The van der Waals surface area contributed by atoms with Gasteiger partial charge in [-0.25, -0.2) is 9.18 Å². The number of aliphatic hydroxyl groups is 1. The van der Waals surface area contributed by atoms with E-state index in [-0.39, 0.29) is 47.7 Å². The van der Waals surface area contributed by atoms with Crippen LogP contribution in [-0.2, 0) is 0 Å². The zero-order valence-corrected chi connectivity index (χ0v) is 16.7. The summed E-state index contributed by atoms with van der Waals surface area (Å²) in [6.07, 6.45) is 2.12. The zero-order valence-electron chi connectivity index (χ0n) is 16.7. The standard InChI is InChI=1S/C20H25FN4O5/c1-10-9-30-19-16-13(18(27)12(20(28)29)8-25(10)16)15(22)14(21)17(19)24-4-2-11(7-24)6-23-3-5-26/h8,10-11,23,26H,2-7,9,22H2,1H3,(H,28,29). The number of nitrogens with one attached hydrogen (secondary N) is 1. The molecule has 0 aliphatic carbocycles. The third-order valence-corrected chi connectivity index (χ3v) is 5.88. The first-order valence-electron chi connectivity index (χ1n) is 9.97. The summed E-state index contributed by atoms with van der Waals surface area (Å²) in [5, 5.41) is 21.3. The molecule has 2 unspecified atom stereocenters. The molecule has 0 radical (unpaired) electrons. The van der Waals surface area contributed by atoms with Gasteiger partial charge in [0.2, 0.25) is 5.43 Å². The van der Waals surface area contributed by atoms with Crippen LogP contribution in [0, 0.1) is 11.7 Å². The molecule has 1 aromatic heterocycles. The molecule has 0 amide bonds. The number of benzene rings is 1. The molecular formula is C20H25FN4O5. The van der Waals surface area contributed by atoms with Gasteiger partial charge in [-0.2, -0.15) is 0 Å². The molecule has 9 nitrogen and oxygen atoms in total. The number of anilines is 2. The number of aliphatic hydroxyl groups excluding tert-OH is 1. The Morgan fingerprint density at radius 1 is 1.47 bits per heavy atom. The van der Waals surface area contributed by atoms with Gasteiger partial charge < -0.3 is 35.5 Å². The molecule has 5 N–H and O–H groups in total. The molecule has 162 valence electrons. The van der Waals surface area contributed by atoms with E-state index >= 15 is 4.39 Å². The number of nitrogens with two attached hydrogens (primary N) is 1. The summed E-state index contributed by atoms with van der Waals surface area (Å²) in [6.45, 7) is 4.46. The Hall–Kier alpha value is -2.85. The number of hydrogen-bond acceptors (Lipinski definition) is 7. The van der Waals surface area contributed by atoms with Gasteiger partial charge in [0, 0.05) is 25.8 Å². The largest absolute Gasteiger partial charge is 0.487 e. The fourth-order valence-electron chi connectivity index (χ4n) is 4.35. The maximum absolute atomic E-state index is 15.4. The van der Waals surface area contributed by atoms with Crippen molar-refractivity contribution in [3.05, 3.63) is 27.8 Å². The monoisotopic (exact) mass is 420 g/mol. The fraction of sp³-hybridized carbons (Fsp3) is 0.500. The number of hydrogen-bond donors (Lipinski definition) is 4. The smallest absolute Gasteiger partial charge is 0.341 e. The van der Waals surface area contributed by atoms with E-state index < -0.39 is 22.8 Å². The second kappa shape index (κ2) is 7.77. The van der Waals surface area contributed by atoms with Gasteiger partial charge in [-0.1, -0.05) is 0 Å². The molecule has 2 aromatic rings. The number of halogens is 1.